The van der Waals surface area contributed by atoms with E-state index in [0.717, 1.165) is 0 Å². The molecule has 0 bridgehead atoms. The molecule has 0 amide bonds. The quantitative estimate of drug-likeness (QED) is 0.491. The summed E-state index contributed by atoms with van der Waals surface area (Å²) in [5.74, 6) is 0. The topological polar surface area (TPSA) is 28.2 Å². The van der Waals surface area contributed by atoms with Gasteiger partial charge < -0.3 is 9.30 Å². The molecule has 0 atom stereocenters. The standard InChI is InChI=1S/2C6H18NSi2.C2H5.Al/c2*1-8(2,3)7-9(4,5)6;1-2;/h2*1-6H3;1H2,2H3;/q2*-1;;+2. The molecule has 0 spiro atoms. The molecule has 0 aromatic carbocycles. The second-order valence-corrected chi connectivity index (χ2v) is 29.3. The van der Waals surface area contributed by atoms with Gasteiger partial charge >= 0.3 is 28.5 Å². The van der Waals surface area contributed by atoms with Crippen molar-refractivity contribution in [1.82, 2.24) is 0 Å². The maximum Gasteiger partial charge on any atom is -0.0691 e. The minimum Gasteiger partial charge on any atom is -0.668 e. The van der Waals surface area contributed by atoms with E-state index in [-0.39, 0.29) is 0 Å². The monoisotopic (exact) mass is 376 g/mol. The van der Waals surface area contributed by atoms with Gasteiger partial charge in [-0.05, 0) is 0 Å². The second-order valence-electron chi connectivity index (χ2n) is 9.32. The minimum absolute atomic E-state index is 1.11. The van der Waals surface area contributed by atoms with E-state index in [1.165, 1.54) is 5.28 Å². The Bertz CT molecular complexity index is 198. The summed E-state index contributed by atoms with van der Waals surface area (Å²) in [6.45, 7) is 29.7. The van der Waals surface area contributed by atoms with Crippen molar-refractivity contribution < 1.29 is 0 Å². The second kappa shape index (κ2) is 11.0. The Hall–Kier alpha value is 1.32. The zero-order chi connectivity index (χ0) is 18.1. The van der Waals surface area contributed by atoms with Crippen LogP contribution in [0.1, 0.15) is 6.92 Å². The fraction of sp³-hybridized carbons (Fsp3) is 1.00. The predicted molar refractivity (Wildman–Crippen MR) is 116 cm³/mol. The van der Waals surface area contributed by atoms with Crippen LogP contribution in [-0.4, -0.2) is 49.2 Å². The van der Waals surface area contributed by atoms with Crippen molar-refractivity contribution in [3.63, 3.8) is 0 Å². The third-order valence-electron chi connectivity index (χ3n) is 1.34. The normalized spacial score (nSPS) is 12.9. The third-order valence-corrected chi connectivity index (χ3v) is 12.1. The van der Waals surface area contributed by atoms with Gasteiger partial charge in [-0.15, -0.1) is 0 Å². The first-order chi connectivity index (χ1) is 8.83. The Morgan fingerprint density at radius 2 is 0.619 bits per heavy atom. The van der Waals surface area contributed by atoms with Crippen LogP contribution in [0, 0.1) is 0 Å². The summed E-state index contributed by atoms with van der Waals surface area (Å²) >= 11 is 2.58. The first-order valence-electron chi connectivity index (χ1n) is 8.01. The van der Waals surface area contributed by atoms with E-state index in [9.17, 15) is 0 Å². The SMILES string of the molecule is C[CH2][Al+2].C[Si](C)(C)[N-][Si](C)(C)C.C[Si](C)(C)[N-][Si](C)(C)C. The Balaban J connectivity index is -0.000000260. The van der Waals surface area contributed by atoms with E-state index in [1.807, 2.05) is 0 Å². The summed E-state index contributed by atoms with van der Waals surface area (Å²) < 4.78 is 9.64. The van der Waals surface area contributed by atoms with Crippen LogP contribution < -0.4 is 0 Å². The van der Waals surface area contributed by atoms with Gasteiger partial charge in [0.05, 0.1) is 0 Å². The number of hydrogen-bond donors (Lipinski definition) is 0. The zero-order valence-electron chi connectivity index (χ0n) is 17.2. The largest absolute Gasteiger partial charge is 0.668 e. The molecule has 21 heavy (non-hydrogen) atoms. The Morgan fingerprint density at radius 3 is 0.619 bits per heavy atom. The van der Waals surface area contributed by atoms with Crippen LogP contribution in [0.5, 0.6) is 0 Å². The number of nitrogens with zero attached hydrogens (tertiary/aromatic N) is 2. The van der Waals surface area contributed by atoms with E-state index in [2.05, 4.69) is 102 Å². The van der Waals surface area contributed by atoms with Gasteiger partial charge in [-0.25, -0.2) is 0 Å². The minimum atomic E-state index is -1.11. The zero-order valence-corrected chi connectivity index (χ0v) is 22.3. The maximum atomic E-state index is 4.82. The predicted octanol–water partition coefficient (Wildman–Crippen LogP) is 6.65. The maximum absolute atomic E-state index is 4.82. The van der Waals surface area contributed by atoms with Crippen molar-refractivity contribution >= 4 is 49.2 Å². The average Bonchev–Trinajstić information content (AvgIpc) is 1.88. The van der Waals surface area contributed by atoms with Crippen LogP contribution in [0.2, 0.25) is 83.8 Å². The molecule has 0 radical (unpaired) electrons. The fourth-order valence-electron chi connectivity index (χ4n) is 2.01. The molecule has 0 unspecified atom stereocenters. The molecule has 7 heteroatoms. The van der Waals surface area contributed by atoms with Crippen molar-refractivity contribution in [1.29, 1.82) is 0 Å². The molecule has 0 aromatic heterocycles. The van der Waals surface area contributed by atoms with E-state index in [4.69, 9.17) is 9.30 Å². The van der Waals surface area contributed by atoms with Crippen molar-refractivity contribution in [2.75, 3.05) is 0 Å². The molecule has 0 aliphatic heterocycles. The van der Waals surface area contributed by atoms with E-state index < -0.39 is 32.9 Å². The Kier molecular flexibility index (Phi) is 14.2. The number of rotatable bonds is 4. The van der Waals surface area contributed by atoms with Crippen LogP contribution in [0.3, 0.4) is 0 Å². The molecular formula is C14H41AlN2Si4. The first-order valence-corrected chi connectivity index (χ1v) is 22.6. The molecular weight excluding hydrogens is 335 g/mol. The molecule has 0 aliphatic rings. The fourth-order valence-corrected chi connectivity index (χ4v) is 18.1. The van der Waals surface area contributed by atoms with Gasteiger partial charge in [-0.2, -0.15) is 0 Å². The Morgan fingerprint density at radius 1 is 0.524 bits per heavy atom. The molecule has 0 saturated heterocycles. The van der Waals surface area contributed by atoms with Gasteiger partial charge in [0.15, 0.2) is 0 Å². The van der Waals surface area contributed by atoms with Crippen LogP contribution in [-0.2, 0) is 0 Å². The molecule has 0 N–H and O–H groups in total. The summed E-state index contributed by atoms with van der Waals surface area (Å²) in [5, 5.41) is 1.17. The first kappa shape index (κ1) is 27.2. The Labute approximate surface area is 149 Å². The van der Waals surface area contributed by atoms with Crippen molar-refractivity contribution in [2.45, 2.75) is 90.8 Å². The van der Waals surface area contributed by atoms with Crippen LogP contribution in [0.15, 0.2) is 0 Å². The van der Waals surface area contributed by atoms with E-state index >= 15 is 0 Å². The molecule has 0 heterocycles. The average molecular weight is 377 g/mol. The third kappa shape index (κ3) is 44.9. The van der Waals surface area contributed by atoms with Gasteiger partial charge in [0, 0.05) is 0 Å². The van der Waals surface area contributed by atoms with Crippen molar-refractivity contribution in [2.24, 2.45) is 0 Å². The van der Waals surface area contributed by atoms with E-state index in [1.54, 1.807) is 0 Å². The summed E-state index contributed by atoms with van der Waals surface area (Å²) in [5.41, 5.74) is 0. The van der Waals surface area contributed by atoms with Gasteiger partial charge in [0.2, 0.25) is 0 Å². The summed E-state index contributed by atoms with van der Waals surface area (Å²) in [6.07, 6.45) is 0. The van der Waals surface area contributed by atoms with Gasteiger partial charge in [-0.1, -0.05) is 112 Å². The number of hydrogen-bond acceptors (Lipinski definition) is 0. The molecule has 0 aliphatic carbocycles. The molecule has 2 nitrogen and oxygen atoms in total. The van der Waals surface area contributed by atoms with Gasteiger partial charge in [0.1, 0.15) is 0 Å². The molecule has 0 saturated carbocycles. The van der Waals surface area contributed by atoms with Crippen LogP contribution in [0.25, 0.3) is 9.30 Å². The van der Waals surface area contributed by atoms with Crippen LogP contribution >= 0.6 is 0 Å². The van der Waals surface area contributed by atoms with E-state index in [0.29, 0.717) is 0 Å². The summed E-state index contributed by atoms with van der Waals surface area (Å²) in [6, 6.07) is 0. The van der Waals surface area contributed by atoms with Crippen molar-refractivity contribution in [3.05, 3.63) is 9.30 Å². The molecule has 0 aromatic rings. The molecule has 0 rings (SSSR count). The smallest absolute Gasteiger partial charge is 0.0691 e. The van der Waals surface area contributed by atoms with Crippen molar-refractivity contribution in [3.8, 4) is 0 Å². The summed E-state index contributed by atoms with van der Waals surface area (Å²) in [4.78, 5) is 0. The summed E-state index contributed by atoms with van der Waals surface area (Å²) in [7, 11) is -4.42. The molecule has 126 valence electrons. The molecule has 0 fully saturated rings. The van der Waals surface area contributed by atoms with Gasteiger partial charge in [-0.3, -0.25) is 0 Å². The van der Waals surface area contributed by atoms with Gasteiger partial charge in [0.25, 0.3) is 0 Å². The van der Waals surface area contributed by atoms with Crippen LogP contribution in [0.4, 0.5) is 0 Å².